The molecule has 9 heavy (non-hydrogen) atoms. The lowest BCUT2D eigenvalue weighted by molar-refractivity contribution is 1.51. The van der Waals surface area contributed by atoms with E-state index in [9.17, 15) is 0 Å². The third kappa shape index (κ3) is 2.65. The summed E-state index contributed by atoms with van der Waals surface area (Å²) < 4.78 is 0. The Morgan fingerprint density at radius 2 is 2.11 bits per heavy atom. The van der Waals surface area contributed by atoms with Crippen LogP contribution in [-0.4, -0.2) is 5.71 Å². The van der Waals surface area contributed by atoms with Gasteiger partial charge in [0.2, 0.25) is 0 Å². The van der Waals surface area contributed by atoms with E-state index < -0.39 is 0 Å². The molecule has 0 fully saturated rings. The van der Waals surface area contributed by atoms with Crippen LogP contribution in [0.25, 0.3) is 0 Å². The molecule has 0 aromatic carbocycles. The van der Waals surface area contributed by atoms with Crippen molar-refractivity contribution in [3.05, 3.63) is 37.0 Å². The fourth-order valence-electron chi connectivity index (χ4n) is 0.384. The molecule has 0 atom stereocenters. The van der Waals surface area contributed by atoms with Crippen LogP contribution in [0.1, 0.15) is 6.92 Å². The van der Waals surface area contributed by atoms with Crippen molar-refractivity contribution >= 4 is 5.71 Å². The standard InChI is InChI=1S/C8H11N/c1-4-6-8(9)7(3)5-2/h4-6,9H,2-3H2,1H3/b6-4-,9-8?. The Bertz CT molecular complexity index is 163. The van der Waals surface area contributed by atoms with Crippen molar-refractivity contribution in [1.82, 2.24) is 0 Å². The molecule has 0 aliphatic rings. The number of nitrogens with one attached hydrogen (secondary N) is 1. The maximum absolute atomic E-state index is 7.24. The minimum absolute atomic E-state index is 0.424. The van der Waals surface area contributed by atoms with Crippen LogP contribution in [-0.2, 0) is 0 Å². The third-order valence-electron chi connectivity index (χ3n) is 0.926. The Morgan fingerprint density at radius 3 is 2.44 bits per heavy atom. The van der Waals surface area contributed by atoms with Crippen LogP contribution < -0.4 is 0 Å². The van der Waals surface area contributed by atoms with E-state index in [4.69, 9.17) is 5.41 Å². The SMILES string of the molecule is C=CC(=C)C(=N)/C=C\C. The fourth-order valence-corrected chi connectivity index (χ4v) is 0.384. The molecule has 1 heteroatoms. The summed E-state index contributed by atoms with van der Waals surface area (Å²) in [5, 5.41) is 7.24. The molecule has 0 saturated heterocycles. The number of allylic oxidation sites excluding steroid dienone is 4. The summed E-state index contributed by atoms with van der Waals surface area (Å²) in [5.74, 6) is 0. The largest absolute Gasteiger partial charge is 0.300 e. The fraction of sp³-hybridized carbons (Fsp3) is 0.125. The van der Waals surface area contributed by atoms with Gasteiger partial charge in [0.15, 0.2) is 0 Å². The van der Waals surface area contributed by atoms with Gasteiger partial charge >= 0.3 is 0 Å². The summed E-state index contributed by atoms with van der Waals surface area (Å²) in [6, 6.07) is 0. The van der Waals surface area contributed by atoms with Crippen LogP contribution >= 0.6 is 0 Å². The van der Waals surface area contributed by atoms with Gasteiger partial charge in [0.05, 0.1) is 5.71 Å². The van der Waals surface area contributed by atoms with Crippen molar-refractivity contribution in [3.8, 4) is 0 Å². The summed E-state index contributed by atoms with van der Waals surface area (Å²) in [5.41, 5.74) is 1.08. The Kier molecular flexibility index (Phi) is 3.37. The zero-order chi connectivity index (χ0) is 7.28. The van der Waals surface area contributed by atoms with Crippen molar-refractivity contribution in [2.45, 2.75) is 6.92 Å². The van der Waals surface area contributed by atoms with Crippen LogP contribution in [0.3, 0.4) is 0 Å². The van der Waals surface area contributed by atoms with Crippen LogP contribution in [0.4, 0.5) is 0 Å². The summed E-state index contributed by atoms with van der Waals surface area (Å²) in [6.07, 6.45) is 5.06. The maximum Gasteiger partial charge on any atom is 0.0602 e. The molecule has 0 bridgehead atoms. The van der Waals surface area contributed by atoms with E-state index in [1.165, 1.54) is 0 Å². The molecule has 1 N–H and O–H groups in total. The van der Waals surface area contributed by atoms with Crippen molar-refractivity contribution in [1.29, 1.82) is 5.41 Å². The third-order valence-corrected chi connectivity index (χ3v) is 0.926. The smallest absolute Gasteiger partial charge is 0.0602 e. The molecule has 0 aliphatic heterocycles. The lowest BCUT2D eigenvalue weighted by Gasteiger charge is -1.92. The first-order chi connectivity index (χ1) is 4.22. The molecule has 0 radical (unpaired) electrons. The second kappa shape index (κ2) is 3.84. The van der Waals surface area contributed by atoms with Gasteiger partial charge in [0, 0.05) is 0 Å². The van der Waals surface area contributed by atoms with Gasteiger partial charge in [-0.05, 0) is 18.6 Å². The van der Waals surface area contributed by atoms with Gasteiger partial charge in [0.25, 0.3) is 0 Å². The molecular formula is C8H11N. The van der Waals surface area contributed by atoms with Crippen LogP contribution in [0.5, 0.6) is 0 Å². The zero-order valence-electron chi connectivity index (χ0n) is 5.65. The predicted octanol–water partition coefficient (Wildman–Crippen LogP) is 2.32. The first-order valence-corrected chi connectivity index (χ1v) is 2.75. The van der Waals surface area contributed by atoms with E-state index >= 15 is 0 Å². The lowest BCUT2D eigenvalue weighted by Crippen LogP contribution is -1.90. The molecule has 0 aromatic heterocycles. The molecule has 1 nitrogen and oxygen atoms in total. The topological polar surface area (TPSA) is 23.9 Å². The second-order valence-corrected chi connectivity index (χ2v) is 1.64. The average Bonchev–Trinajstić information content (AvgIpc) is 1.87. The average molecular weight is 121 g/mol. The Labute approximate surface area is 55.9 Å². The number of hydrogen-bond acceptors (Lipinski definition) is 1. The summed E-state index contributed by atoms with van der Waals surface area (Å²) >= 11 is 0. The monoisotopic (exact) mass is 121 g/mol. The van der Waals surface area contributed by atoms with Gasteiger partial charge in [-0.2, -0.15) is 0 Å². The maximum atomic E-state index is 7.24. The van der Waals surface area contributed by atoms with Crippen molar-refractivity contribution in [3.63, 3.8) is 0 Å². The molecule has 0 aliphatic carbocycles. The highest BCUT2D eigenvalue weighted by atomic mass is 14.4. The van der Waals surface area contributed by atoms with Crippen LogP contribution in [0.15, 0.2) is 37.0 Å². The highest BCUT2D eigenvalue weighted by molar-refractivity contribution is 6.07. The van der Waals surface area contributed by atoms with Gasteiger partial charge in [-0.15, -0.1) is 0 Å². The van der Waals surface area contributed by atoms with Crippen molar-refractivity contribution in [2.75, 3.05) is 0 Å². The van der Waals surface area contributed by atoms with E-state index in [0.717, 1.165) is 0 Å². The predicted molar refractivity (Wildman–Crippen MR) is 41.9 cm³/mol. The Morgan fingerprint density at radius 1 is 1.56 bits per heavy atom. The molecule has 0 rings (SSSR count). The molecular weight excluding hydrogens is 110 g/mol. The van der Waals surface area contributed by atoms with Gasteiger partial charge in [-0.3, -0.25) is 0 Å². The molecule has 0 unspecified atom stereocenters. The number of rotatable bonds is 3. The van der Waals surface area contributed by atoms with Crippen molar-refractivity contribution in [2.24, 2.45) is 0 Å². The minimum atomic E-state index is 0.424. The zero-order valence-corrected chi connectivity index (χ0v) is 5.65. The van der Waals surface area contributed by atoms with Crippen molar-refractivity contribution < 1.29 is 0 Å². The quantitative estimate of drug-likeness (QED) is 0.437. The van der Waals surface area contributed by atoms with Gasteiger partial charge < -0.3 is 5.41 Å². The summed E-state index contributed by atoms with van der Waals surface area (Å²) in [6.45, 7) is 8.95. The molecule has 0 heterocycles. The van der Waals surface area contributed by atoms with E-state index in [1.807, 2.05) is 6.92 Å². The van der Waals surface area contributed by atoms with E-state index in [0.29, 0.717) is 11.3 Å². The van der Waals surface area contributed by atoms with Crippen LogP contribution in [0.2, 0.25) is 0 Å². The van der Waals surface area contributed by atoms with Crippen LogP contribution in [0, 0.1) is 5.41 Å². The second-order valence-electron chi connectivity index (χ2n) is 1.64. The Hall–Kier alpha value is -1.11. The van der Waals surface area contributed by atoms with E-state index in [2.05, 4.69) is 13.2 Å². The molecule has 0 spiro atoms. The molecule has 0 aromatic rings. The lowest BCUT2D eigenvalue weighted by atomic mass is 10.2. The summed E-state index contributed by atoms with van der Waals surface area (Å²) in [7, 11) is 0. The first kappa shape index (κ1) is 7.89. The van der Waals surface area contributed by atoms with Gasteiger partial charge in [-0.1, -0.05) is 25.3 Å². The van der Waals surface area contributed by atoms with Gasteiger partial charge in [-0.25, -0.2) is 0 Å². The molecule has 0 saturated carbocycles. The number of hydrogen-bond donors (Lipinski definition) is 1. The van der Waals surface area contributed by atoms with E-state index in [1.54, 1.807) is 18.2 Å². The molecule has 48 valence electrons. The van der Waals surface area contributed by atoms with Gasteiger partial charge in [0.1, 0.15) is 0 Å². The first-order valence-electron chi connectivity index (χ1n) is 2.75. The minimum Gasteiger partial charge on any atom is -0.300 e. The molecule has 0 amide bonds. The normalized spacial score (nSPS) is 9.44. The highest BCUT2D eigenvalue weighted by Crippen LogP contribution is 1.94. The van der Waals surface area contributed by atoms with E-state index in [-0.39, 0.29) is 0 Å². The Balaban J connectivity index is 4.04. The summed E-state index contributed by atoms with van der Waals surface area (Å²) in [4.78, 5) is 0. The highest BCUT2D eigenvalue weighted by Gasteiger charge is 1.88.